The summed E-state index contributed by atoms with van der Waals surface area (Å²) in [6, 6.07) is 7.62. The molecule has 3 heteroatoms. The topological polar surface area (TPSA) is 30.5 Å². The molecule has 19 heavy (non-hydrogen) atoms. The molecule has 0 bridgehead atoms. The molecule has 3 nitrogen and oxygen atoms in total. The monoisotopic (exact) mass is 261 g/mol. The van der Waals surface area contributed by atoms with Crippen LogP contribution in [0, 0.1) is 0 Å². The fourth-order valence-electron chi connectivity index (χ4n) is 2.52. The third-order valence-corrected chi connectivity index (χ3v) is 4.12. The molecule has 1 aromatic rings. The zero-order valence-corrected chi connectivity index (χ0v) is 11.8. The van der Waals surface area contributed by atoms with Gasteiger partial charge in [-0.05, 0) is 43.4 Å². The number of hydrogen-bond acceptors (Lipinski definition) is 3. The summed E-state index contributed by atoms with van der Waals surface area (Å²) in [5.74, 6) is 2.27. The first-order chi connectivity index (χ1) is 9.24. The van der Waals surface area contributed by atoms with Gasteiger partial charge in [-0.1, -0.05) is 13.0 Å². The first kappa shape index (κ1) is 12.8. The first-order valence-electron chi connectivity index (χ1n) is 7.39. The molecule has 0 aromatic heterocycles. The summed E-state index contributed by atoms with van der Waals surface area (Å²) in [6.07, 6.45) is 3.62. The lowest BCUT2D eigenvalue weighted by molar-refractivity contribution is 0.297. The fourth-order valence-corrected chi connectivity index (χ4v) is 2.52. The summed E-state index contributed by atoms with van der Waals surface area (Å²) in [7, 11) is 0. The molecule has 0 radical (unpaired) electrons. The molecule has 2 unspecified atom stereocenters. The lowest BCUT2D eigenvalue weighted by atomic mass is 9.94. The smallest absolute Gasteiger partial charge is 0.161 e. The second kappa shape index (κ2) is 5.41. The molecule has 1 saturated carbocycles. The van der Waals surface area contributed by atoms with E-state index in [-0.39, 0.29) is 0 Å². The molecule has 1 aliphatic carbocycles. The van der Waals surface area contributed by atoms with E-state index in [0.29, 0.717) is 12.0 Å². The van der Waals surface area contributed by atoms with Gasteiger partial charge in [0.25, 0.3) is 0 Å². The van der Waals surface area contributed by atoms with E-state index in [2.05, 4.69) is 37.4 Å². The summed E-state index contributed by atoms with van der Waals surface area (Å²) in [5, 5.41) is 3.67. The van der Waals surface area contributed by atoms with Crippen LogP contribution in [0.25, 0.3) is 0 Å². The van der Waals surface area contributed by atoms with E-state index in [4.69, 9.17) is 9.47 Å². The van der Waals surface area contributed by atoms with Crippen molar-refractivity contribution in [2.75, 3.05) is 13.2 Å². The Morgan fingerprint density at radius 1 is 1.11 bits per heavy atom. The zero-order valence-electron chi connectivity index (χ0n) is 11.8. The van der Waals surface area contributed by atoms with Crippen molar-refractivity contribution in [1.82, 2.24) is 5.32 Å². The molecule has 1 aliphatic heterocycles. The van der Waals surface area contributed by atoms with Crippen LogP contribution in [0.15, 0.2) is 18.2 Å². The zero-order chi connectivity index (χ0) is 13.2. The number of rotatable bonds is 4. The average molecular weight is 261 g/mol. The van der Waals surface area contributed by atoms with Crippen molar-refractivity contribution in [3.8, 4) is 11.5 Å². The van der Waals surface area contributed by atoms with E-state index >= 15 is 0 Å². The van der Waals surface area contributed by atoms with Gasteiger partial charge in [0.1, 0.15) is 0 Å². The summed E-state index contributed by atoms with van der Waals surface area (Å²) >= 11 is 0. The Kier molecular flexibility index (Phi) is 3.65. The summed E-state index contributed by atoms with van der Waals surface area (Å²) in [6.45, 7) is 6.05. The summed E-state index contributed by atoms with van der Waals surface area (Å²) in [5.41, 5.74) is 1.32. The second-order valence-electron chi connectivity index (χ2n) is 5.77. The maximum Gasteiger partial charge on any atom is 0.161 e. The van der Waals surface area contributed by atoms with Gasteiger partial charge in [0.05, 0.1) is 13.2 Å². The van der Waals surface area contributed by atoms with Crippen molar-refractivity contribution in [1.29, 1.82) is 0 Å². The van der Waals surface area contributed by atoms with Gasteiger partial charge in [-0.3, -0.25) is 0 Å². The highest BCUT2D eigenvalue weighted by molar-refractivity contribution is 5.44. The van der Waals surface area contributed by atoms with Crippen LogP contribution in [-0.2, 0) is 0 Å². The van der Waals surface area contributed by atoms with Gasteiger partial charge in [-0.25, -0.2) is 0 Å². The van der Waals surface area contributed by atoms with Crippen LogP contribution < -0.4 is 14.8 Å². The van der Waals surface area contributed by atoms with E-state index < -0.39 is 0 Å². The molecule has 1 heterocycles. The third-order valence-electron chi connectivity index (χ3n) is 4.12. The minimum atomic E-state index is 0.484. The molecule has 1 aromatic carbocycles. The van der Waals surface area contributed by atoms with E-state index in [1.807, 2.05) is 0 Å². The van der Waals surface area contributed by atoms with Crippen LogP contribution in [0.4, 0.5) is 0 Å². The molecule has 104 valence electrons. The van der Waals surface area contributed by atoms with Crippen LogP contribution in [0.3, 0.4) is 0 Å². The number of ether oxygens (including phenoxy) is 2. The van der Waals surface area contributed by atoms with Crippen LogP contribution in [0.5, 0.6) is 11.5 Å². The van der Waals surface area contributed by atoms with Gasteiger partial charge in [-0.2, -0.15) is 0 Å². The first-order valence-corrected chi connectivity index (χ1v) is 7.39. The normalized spacial score (nSPS) is 21.6. The van der Waals surface area contributed by atoms with Gasteiger partial charge >= 0.3 is 0 Å². The van der Waals surface area contributed by atoms with Gasteiger partial charge in [0, 0.05) is 18.5 Å². The van der Waals surface area contributed by atoms with E-state index in [1.165, 1.54) is 18.4 Å². The Morgan fingerprint density at radius 2 is 1.84 bits per heavy atom. The van der Waals surface area contributed by atoms with E-state index in [0.717, 1.165) is 37.2 Å². The Bertz CT molecular complexity index is 442. The quantitative estimate of drug-likeness (QED) is 0.903. The van der Waals surface area contributed by atoms with Crippen molar-refractivity contribution in [2.45, 2.75) is 51.1 Å². The number of hydrogen-bond donors (Lipinski definition) is 1. The van der Waals surface area contributed by atoms with Crippen molar-refractivity contribution in [3.63, 3.8) is 0 Å². The van der Waals surface area contributed by atoms with Gasteiger partial charge in [-0.15, -0.1) is 0 Å². The Hall–Kier alpha value is -1.22. The number of nitrogens with one attached hydrogen (secondary N) is 1. The van der Waals surface area contributed by atoms with E-state index in [1.54, 1.807) is 0 Å². The molecule has 2 aliphatic rings. The number of fused-ring (bicyclic) bond motifs is 1. The highest BCUT2D eigenvalue weighted by atomic mass is 16.5. The Morgan fingerprint density at radius 3 is 2.58 bits per heavy atom. The minimum absolute atomic E-state index is 0.484. The molecular weight excluding hydrogens is 238 g/mol. The van der Waals surface area contributed by atoms with Crippen molar-refractivity contribution in [2.24, 2.45) is 0 Å². The molecule has 1 fully saturated rings. The Labute approximate surface area is 115 Å². The average Bonchev–Trinajstić information content (AvgIpc) is 3.23. The minimum Gasteiger partial charge on any atom is -0.490 e. The molecule has 0 amide bonds. The molecule has 0 spiro atoms. The fraction of sp³-hybridized carbons (Fsp3) is 0.625. The van der Waals surface area contributed by atoms with Crippen LogP contribution >= 0.6 is 0 Å². The van der Waals surface area contributed by atoms with Gasteiger partial charge in [0.15, 0.2) is 11.5 Å². The highest BCUT2D eigenvalue weighted by Gasteiger charge is 2.26. The summed E-state index contributed by atoms with van der Waals surface area (Å²) < 4.78 is 11.4. The molecule has 2 atom stereocenters. The molecular formula is C16H23NO2. The maximum absolute atomic E-state index is 5.77. The SMILES string of the molecule is CC(NC1CC1)C(C)c1ccc2c(c1)OCCCO2. The maximum atomic E-state index is 5.77. The largest absolute Gasteiger partial charge is 0.490 e. The van der Waals surface area contributed by atoms with Crippen molar-refractivity contribution < 1.29 is 9.47 Å². The molecule has 0 saturated heterocycles. The standard InChI is InChI=1S/C16H23NO2/c1-11(12(2)17-14-5-6-14)13-4-7-15-16(10-13)19-9-3-8-18-15/h4,7,10-12,14,17H,3,5-6,8-9H2,1-2H3. The van der Waals surface area contributed by atoms with Crippen molar-refractivity contribution in [3.05, 3.63) is 23.8 Å². The third kappa shape index (κ3) is 3.03. The highest BCUT2D eigenvalue weighted by Crippen LogP contribution is 2.34. The van der Waals surface area contributed by atoms with Crippen molar-refractivity contribution >= 4 is 0 Å². The number of benzene rings is 1. The van der Waals surface area contributed by atoms with E-state index in [9.17, 15) is 0 Å². The lowest BCUT2D eigenvalue weighted by Crippen LogP contribution is -2.32. The molecule has 3 rings (SSSR count). The summed E-state index contributed by atoms with van der Waals surface area (Å²) in [4.78, 5) is 0. The predicted molar refractivity (Wildman–Crippen MR) is 76.1 cm³/mol. The van der Waals surface area contributed by atoms with Gasteiger partial charge < -0.3 is 14.8 Å². The Balaban J connectivity index is 1.74. The lowest BCUT2D eigenvalue weighted by Gasteiger charge is -2.22. The molecule has 1 N–H and O–H groups in total. The van der Waals surface area contributed by atoms with Crippen LogP contribution in [0.2, 0.25) is 0 Å². The van der Waals surface area contributed by atoms with Gasteiger partial charge in [0.2, 0.25) is 0 Å². The van der Waals surface area contributed by atoms with Crippen LogP contribution in [0.1, 0.15) is 44.6 Å². The predicted octanol–water partition coefficient (Wildman–Crippen LogP) is 3.09. The second-order valence-corrected chi connectivity index (χ2v) is 5.77. The van der Waals surface area contributed by atoms with Crippen LogP contribution in [-0.4, -0.2) is 25.3 Å².